The van der Waals surface area contributed by atoms with E-state index >= 15 is 0 Å². The smallest absolute Gasteiger partial charge is 0.126 e. The predicted molar refractivity (Wildman–Crippen MR) is 65.1 cm³/mol. The molecular formula is C14H20FN. The lowest BCUT2D eigenvalue weighted by Gasteiger charge is -2.22. The van der Waals surface area contributed by atoms with Crippen LogP contribution in [-0.2, 0) is 6.42 Å². The van der Waals surface area contributed by atoms with Crippen molar-refractivity contribution in [3.63, 3.8) is 0 Å². The molecule has 1 unspecified atom stereocenters. The summed E-state index contributed by atoms with van der Waals surface area (Å²) in [5.41, 5.74) is 2.03. The first-order valence-electron chi connectivity index (χ1n) is 6.21. The summed E-state index contributed by atoms with van der Waals surface area (Å²) in [5.74, 6) is 0.710. The number of nitrogens with one attached hydrogen (secondary N) is 1. The number of hydrogen-bond acceptors (Lipinski definition) is 1. The van der Waals surface area contributed by atoms with Crippen LogP contribution in [-0.4, -0.2) is 13.1 Å². The van der Waals surface area contributed by atoms with Crippen LogP contribution in [0.15, 0.2) is 18.2 Å². The summed E-state index contributed by atoms with van der Waals surface area (Å²) in [7, 11) is 0. The molecule has 1 aromatic rings. The molecule has 1 saturated heterocycles. The fourth-order valence-corrected chi connectivity index (χ4v) is 2.40. The second kappa shape index (κ2) is 5.44. The summed E-state index contributed by atoms with van der Waals surface area (Å²) in [6, 6.07) is 5.48. The number of benzene rings is 1. The van der Waals surface area contributed by atoms with Crippen molar-refractivity contribution in [3.8, 4) is 0 Å². The molecule has 1 aliphatic rings. The van der Waals surface area contributed by atoms with Gasteiger partial charge in [0, 0.05) is 0 Å². The minimum atomic E-state index is -0.0944. The Balaban J connectivity index is 1.86. The van der Waals surface area contributed by atoms with Crippen LogP contribution in [0.2, 0.25) is 0 Å². The first kappa shape index (κ1) is 11.6. The third-order valence-electron chi connectivity index (χ3n) is 3.46. The van der Waals surface area contributed by atoms with Crippen LogP contribution in [0.4, 0.5) is 4.39 Å². The van der Waals surface area contributed by atoms with Gasteiger partial charge in [0.1, 0.15) is 5.82 Å². The van der Waals surface area contributed by atoms with Gasteiger partial charge in [0.2, 0.25) is 0 Å². The molecule has 1 heterocycles. The van der Waals surface area contributed by atoms with E-state index in [0.29, 0.717) is 0 Å². The third kappa shape index (κ3) is 3.05. The van der Waals surface area contributed by atoms with Gasteiger partial charge in [-0.2, -0.15) is 0 Å². The molecule has 16 heavy (non-hydrogen) atoms. The molecule has 0 spiro atoms. The maximum Gasteiger partial charge on any atom is 0.126 e. The molecule has 1 atom stereocenters. The molecule has 1 aliphatic heterocycles. The second-order valence-corrected chi connectivity index (χ2v) is 4.83. The van der Waals surface area contributed by atoms with Crippen molar-refractivity contribution in [1.29, 1.82) is 0 Å². The van der Waals surface area contributed by atoms with E-state index in [1.54, 1.807) is 6.07 Å². The van der Waals surface area contributed by atoms with Gasteiger partial charge in [0.25, 0.3) is 0 Å². The fraction of sp³-hybridized carbons (Fsp3) is 0.571. The Morgan fingerprint density at radius 1 is 1.44 bits per heavy atom. The lowest BCUT2D eigenvalue weighted by atomic mass is 9.92. The summed E-state index contributed by atoms with van der Waals surface area (Å²) in [5, 5.41) is 3.43. The largest absolute Gasteiger partial charge is 0.316 e. The zero-order valence-corrected chi connectivity index (χ0v) is 9.93. The van der Waals surface area contributed by atoms with Crippen molar-refractivity contribution in [1.82, 2.24) is 5.32 Å². The average molecular weight is 221 g/mol. The monoisotopic (exact) mass is 221 g/mol. The lowest BCUT2D eigenvalue weighted by molar-refractivity contribution is 0.358. The van der Waals surface area contributed by atoms with Crippen molar-refractivity contribution >= 4 is 0 Å². The van der Waals surface area contributed by atoms with Crippen molar-refractivity contribution in [2.45, 2.75) is 32.6 Å². The van der Waals surface area contributed by atoms with Gasteiger partial charge in [-0.15, -0.1) is 0 Å². The van der Waals surface area contributed by atoms with Crippen LogP contribution in [0.3, 0.4) is 0 Å². The zero-order valence-electron chi connectivity index (χ0n) is 9.93. The molecular weight excluding hydrogens is 201 g/mol. The summed E-state index contributed by atoms with van der Waals surface area (Å²) >= 11 is 0. The Morgan fingerprint density at radius 3 is 3.00 bits per heavy atom. The van der Waals surface area contributed by atoms with Gasteiger partial charge >= 0.3 is 0 Å². The van der Waals surface area contributed by atoms with Crippen LogP contribution in [0.25, 0.3) is 0 Å². The van der Waals surface area contributed by atoms with Gasteiger partial charge in [-0.3, -0.25) is 0 Å². The van der Waals surface area contributed by atoms with Gasteiger partial charge in [0.05, 0.1) is 0 Å². The normalized spacial score (nSPS) is 21.0. The summed E-state index contributed by atoms with van der Waals surface area (Å²) in [6.45, 7) is 4.16. The average Bonchev–Trinajstić information content (AvgIpc) is 2.32. The highest BCUT2D eigenvalue weighted by Gasteiger charge is 2.12. The zero-order chi connectivity index (χ0) is 11.4. The molecule has 1 nitrogen and oxygen atoms in total. The van der Waals surface area contributed by atoms with Crippen molar-refractivity contribution in [2.24, 2.45) is 5.92 Å². The highest BCUT2D eigenvalue weighted by atomic mass is 19.1. The molecule has 2 rings (SSSR count). The molecule has 0 aliphatic carbocycles. The Morgan fingerprint density at radius 2 is 2.31 bits per heavy atom. The van der Waals surface area contributed by atoms with Crippen LogP contribution < -0.4 is 5.32 Å². The Hall–Kier alpha value is -0.890. The fourth-order valence-electron chi connectivity index (χ4n) is 2.40. The van der Waals surface area contributed by atoms with Gasteiger partial charge in [-0.05, 0) is 68.8 Å². The van der Waals surface area contributed by atoms with Crippen molar-refractivity contribution in [3.05, 3.63) is 35.1 Å². The number of hydrogen-bond donors (Lipinski definition) is 1. The number of rotatable bonds is 3. The summed E-state index contributed by atoms with van der Waals surface area (Å²) in [4.78, 5) is 0. The van der Waals surface area contributed by atoms with Crippen LogP contribution in [0.1, 0.15) is 30.4 Å². The van der Waals surface area contributed by atoms with E-state index in [2.05, 4.69) is 5.32 Å². The Bertz CT molecular complexity index is 343. The molecule has 0 bridgehead atoms. The highest BCUT2D eigenvalue weighted by molar-refractivity contribution is 5.23. The number of halogens is 1. The molecule has 1 aromatic carbocycles. The summed E-state index contributed by atoms with van der Waals surface area (Å²) < 4.78 is 13.1. The van der Waals surface area contributed by atoms with Crippen LogP contribution in [0.5, 0.6) is 0 Å². The van der Waals surface area contributed by atoms with E-state index in [0.717, 1.165) is 24.4 Å². The minimum Gasteiger partial charge on any atom is -0.316 e. The first-order valence-corrected chi connectivity index (χ1v) is 6.21. The van der Waals surface area contributed by atoms with E-state index in [4.69, 9.17) is 0 Å². The molecule has 2 heteroatoms. The van der Waals surface area contributed by atoms with Crippen LogP contribution >= 0.6 is 0 Å². The first-order chi connectivity index (χ1) is 7.75. The third-order valence-corrected chi connectivity index (χ3v) is 3.46. The number of piperidine rings is 1. The molecule has 1 N–H and O–H groups in total. The van der Waals surface area contributed by atoms with Crippen LogP contribution in [0, 0.1) is 18.7 Å². The van der Waals surface area contributed by atoms with Crippen molar-refractivity contribution in [2.75, 3.05) is 13.1 Å². The molecule has 0 saturated carbocycles. The minimum absolute atomic E-state index is 0.0944. The SMILES string of the molecule is Cc1cc(CCC2CCCNC2)ccc1F. The molecule has 0 amide bonds. The lowest BCUT2D eigenvalue weighted by Crippen LogP contribution is -2.29. The predicted octanol–water partition coefficient (Wildman–Crippen LogP) is 3.07. The van der Waals surface area contributed by atoms with E-state index in [1.807, 2.05) is 19.1 Å². The maximum atomic E-state index is 13.1. The van der Waals surface area contributed by atoms with Gasteiger partial charge < -0.3 is 5.32 Å². The molecule has 88 valence electrons. The Labute approximate surface area is 97.1 Å². The highest BCUT2D eigenvalue weighted by Crippen LogP contribution is 2.18. The quantitative estimate of drug-likeness (QED) is 0.827. The van der Waals surface area contributed by atoms with Gasteiger partial charge in [0.15, 0.2) is 0 Å². The van der Waals surface area contributed by atoms with E-state index in [-0.39, 0.29) is 5.82 Å². The second-order valence-electron chi connectivity index (χ2n) is 4.83. The van der Waals surface area contributed by atoms with Gasteiger partial charge in [-0.1, -0.05) is 12.1 Å². The Kier molecular flexibility index (Phi) is 3.94. The topological polar surface area (TPSA) is 12.0 Å². The van der Waals surface area contributed by atoms with E-state index < -0.39 is 0 Å². The van der Waals surface area contributed by atoms with Gasteiger partial charge in [-0.25, -0.2) is 4.39 Å². The maximum absolute atomic E-state index is 13.1. The van der Waals surface area contributed by atoms with E-state index in [9.17, 15) is 4.39 Å². The summed E-state index contributed by atoms with van der Waals surface area (Å²) in [6.07, 6.45) is 4.94. The number of aryl methyl sites for hydroxylation is 2. The molecule has 1 fully saturated rings. The molecule has 0 aromatic heterocycles. The molecule has 0 radical (unpaired) electrons. The van der Waals surface area contributed by atoms with E-state index in [1.165, 1.54) is 31.4 Å². The van der Waals surface area contributed by atoms with Crippen molar-refractivity contribution < 1.29 is 4.39 Å². The standard InChI is InChI=1S/C14H20FN/c1-11-9-12(6-7-14(11)15)4-5-13-3-2-8-16-10-13/h6-7,9,13,16H,2-5,8,10H2,1H3.